The predicted molar refractivity (Wildman–Crippen MR) is 77.3 cm³/mol. The first-order chi connectivity index (χ1) is 9.15. The van der Waals surface area contributed by atoms with Crippen LogP contribution >= 0.6 is 11.8 Å². The highest BCUT2D eigenvalue weighted by Crippen LogP contribution is 2.30. The molecule has 1 fully saturated rings. The normalized spacial score (nSPS) is 21.8. The Morgan fingerprint density at radius 1 is 1.26 bits per heavy atom. The summed E-state index contributed by atoms with van der Waals surface area (Å²) in [6.07, 6.45) is 4.94. The number of nitrogens with zero attached hydrogens (tertiary/aromatic N) is 2. The molecule has 5 heteroatoms. The Labute approximate surface area is 119 Å². The molecule has 0 radical (unpaired) electrons. The minimum absolute atomic E-state index is 0.249. The fraction of sp³-hybridized carbons (Fsp3) is 0.857. The second kappa shape index (κ2) is 7.29. The van der Waals surface area contributed by atoms with E-state index in [1.807, 2.05) is 11.8 Å². The maximum absolute atomic E-state index is 5.73. The number of hydrogen-bond acceptors (Lipinski definition) is 5. The van der Waals surface area contributed by atoms with Crippen molar-refractivity contribution in [3.8, 4) is 0 Å². The maximum Gasteiger partial charge on any atom is 0.229 e. The zero-order chi connectivity index (χ0) is 13.7. The highest BCUT2D eigenvalue weighted by Gasteiger charge is 2.19. The molecule has 4 nitrogen and oxygen atoms in total. The van der Waals surface area contributed by atoms with Crippen LogP contribution in [0.4, 0.5) is 0 Å². The molecule has 1 saturated heterocycles. The summed E-state index contributed by atoms with van der Waals surface area (Å²) in [7, 11) is 0. The number of thioether (sulfide) groups is 1. The third-order valence-corrected chi connectivity index (χ3v) is 4.49. The summed E-state index contributed by atoms with van der Waals surface area (Å²) in [6, 6.07) is 0. The van der Waals surface area contributed by atoms with Crippen molar-refractivity contribution >= 4 is 11.8 Å². The van der Waals surface area contributed by atoms with E-state index in [-0.39, 0.29) is 5.25 Å². The van der Waals surface area contributed by atoms with Gasteiger partial charge in [0.05, 0.1) is 11.4 Å². The Balaban J connectivity index is 1.78. The molecule has 1 aromatic rings. The first kappa shape index (κ1) is 14.9. The zero-order valence-corrected chi connectivity index (χ0v) is 12.9. The van der Waals surface area contributed by atoms with Gasteiger partial charge in [0.1, 0.15) is 0 Å². The second-order valence-electron chi connectivity index (χ2n) is 5.60. The van der Waals surface area contributed by atoms with E-state index in [1.54, 1.807) is 0 Å². The van der Waals surface area contributed by atoms with Gasteiger partial charge in [0.15, 0.2) is 0 Å². The van der Waals surface area contributed by atoms with Crippen LogP contribution in [0.15, 0.2) is 4.42 Å². The first-order valence-corrected chi connectivity index (χ1v) is 8.25. The molecular formula is C14H24N2O2S. The van der Waals surface area contributed by atoms with E-state index in [2.05, 4.69) is 31.0 Å². The summed E-state index contributed by atoms with van der Waals surface area (Å²) in [5.74, 6) is 3.07. The Kier molecular flexibility index (Phi) is 5.70. The van der Waals surface area contributed by atoms with Crippen molar-refractivity contribution in [1.82, 2.24) is 10.2 Å². The SMILES string of the molecule is CC(C)Cc1nnc([C@@H](C)SC[C@@H]2CCCCO2)o1. The van der Waals surface area contributed by atoms with Crippen molar-refractivity contribution in [2.75, 3.05) is 12.4 Å². The van der Waals surface area contributed by atoms with Crippen LogP contribution in [0.25, 0.3) is 0 Å². The molecule has 0 saturated carbocycles. The van der Waals surface area contributed by atoms with Crippen molar-refractivity contribution in [3.05, 3.63) is 11.8 Å². The van der Waals surface area contributed by atoms with E-state index < -0.39 is 0 Å². The standard InChI is InChI=1S/C14H24N2O2S/c1-10(2)8-13-15-16-14(18-13)11(3)19-9-12-6-4-5-7-17-12/h10-12H,4-9H2,1-3H3/t11-,12+/m1/s1. The molecule has 0 N–H and O–H groups in total. The molecular weight excluding hydrogens is 260 g/mol. The molecule has 0 aliphatic carbocycles. The number of ether oxygens (including phenoxy) is 1. The van der Waals surface area contributed by atoms with Gasteiger partial charge in [-0.15, -0.1) is 22.0 Å². The summed E-state index contributed by atoms with van der Waals surface area (Å²) in [5, 5.41) is 8.51. The lowest BCUT2D eigenvalue weighted by molar-refractivity contribution is 0.0315. The molecule has 0 unspecified atom stereocenters. The van der Waals surface area contributed by atoms with Crippen LogP contribution in [0.5, 0.6) is 0 Å². The molecule has 2 atom stereocenters. The summed E-state index contributed by atoms with van der Waals surface area (Å²) in [4.78, 5) is 0. The van der Waals surface area contributed by atoms with Crippen molar-refractivity contribution in [2.45, 2.75) is 57.8 Å². The molecule has 0 spiro atoms. The minimum Gasteiger partial charge on any atom is -0.424 e. The van der Waals surface area contributed by atoms with E-state index in [0.717, 1.165) is 30.6 Å². The summed E-state index contributed by atoms with van der Waals surface area (Å²) in [6.45, 7) is 7.35. The van der Waals surface area contributed by atoms with Crippen LogP contribution < -0.4 is 0 Å². The van der Waals surface area contributed by atoms with E-state index in [0.29, 0.717) is 12.0 Å². The third kappa shape index (κ3) is 4.80. The van der Waals surface area contributed by atoms with Crippen LogP contribution in [0, 0.1) is 5.92 Å². The third-order valence-electron chi connectivity index (χ3n) is 3.22. The highest BCUT2D eigenvalue weighted by atomic mass is 32.2. The van der Waals surface area contributed by atoms with Gasteiger partial charge in [0.2, 0.25) is 11.8 Å². The lowest BCUT2D eigenvalue weighted by Crippen LogP contribution is -2.21. The van der Waals surface area contributed by atoms with Crippen molar-refractivity contribution in [2.24, 2.45) is 5.92 Å². The fourth-order valence-electron chi connectivity index (χ4n) is 2.12. The van der Waals surface area contributed by atoms with E-state index >= 15 is 0 Å². The average molecular weight is 284 g/mol. The van der Waals surface area contributed by atoms with Gasteiger partial charge < -0.3 is 9.15 Å². The smallest absolute Gasteiger partial charge is 0.229 e. The van der Waals surface area contributed by atoms with Crippen molar-refractivity contribution < 1.29 is 9.15 Å². The Morgan fingerprint density at radius 2 is 2.11 bits per heavy atom. The first-order valence-electron chi connectivity index (χ1n) is 7.20. The summed E-state index contributed by atoms with van der Waals surface area (Å²) in [5.41, 5.74) is 0. The topological polar surface area (TPSA) is 48.2 Å². The Bertz CT molecular complexity index is 375. The van der Waals surface area contributed by atoms with E-state index in [9.17, 15) is 0 Å². The van der Waals surface area contributed by atoms with Gasteiger partial charge in [-0.2, -0.15) is 0 Å². The fourth-order valence-corrected chi connectivity index (χ4v) is 3.13. The average Bonchev–Trinajstić information content (AvgIpc) is 2.85. The van der Waals surface area contributed by atoms with Crippen LogP contribution in [0.2, 0.25) is 0 Å². The van der Waals surface area contributed by atoms with E-state index in [1.165, 1.54) is 19.3 Å². The van der Waals surface area contributed by atoms with Crippen LogP contribution in [0.3, 0.4) is 0 Å². The molecule has 0 aromatic carbocycles. The lowest BCUT2D eigenvalue weighted by atomic mass is 10.1. The van der Waals surface area contributed by atoms with Gasteiger partial charge in [-0.1, -0.05) is 13.8 Å². The monoisotopic (exact) mass is 284 g/mol. The van der Waals surface area contributed by atoms with Crippen molar-refractivity contribution in [1.29, 1.82) is 0 Å². The maximum atomic E-state index is 5.73. The molecule has 2 rings (SSSR count). The van der Waals surface area contributed by atoms with Gasteiger partial charge in [-0.05, 0) is 32.1 Å². The molecule has 1 aliphatic rings. The van der Waals surface area contributed by atoms with Crippen LogP contribution in [-0.2, 0) is 11.2 Å². The summed E-state index contributed by atoms with van der Waals surface area (Å²) < 4.78 is 11.4. The van der Waals surface area contributed by atoms with Gasteiger partial charge in [-0.3, -0.25) is 0 Å². The predicted octanol–water partition coefficient (Wildman–Crippen LogP) is 3.63. The van der Waals surface area contributed by atoms with Crippen LogP contribution in [-0.4, -0.2) is 28.7 Å². The number of aromatic nitrogens is 2. The molecule has 19 heavy (non-hydrogen) atoms. The van der Waals surface area contributed by atoms with Gasteiger partial charge in [-0.25, -0.2) is 0 Å². The molecule has 2 heterocycles. The summed E-state index contributed by atoms with van der Waals surface area (Å²) >= 11 is 1.85. The van der Waals surface area contributed by atoms with Gasteiger partial charge >= 0.3 is 0 Å². The minimum atomic E-state index is 0.249. The number of rotatable bonds is 6. The van der Waals surface area contributed by atoms with Crippen molar-refractivity contribution in [3.63, 3.8) is 0 Å². The van der Waals surface area contributed by atoms with E-state index in [4.69, 9.17) is 9.15 Å². The lowest BCUT2D eigenvalue weighted by Gasteiger charge is -2.22. The quantitative estimate of drug-likeness (QED) is 0.798. The molecule has 1 aliphatic heterocycles. The highest BCUT2D eigenvalue weighted by molar-refractivity contribution is 7.99. The second-order valence-corrected chi connectivity index (χ2v) is 6.97. The molecule has 0 amide bonds. The molecule has 1 aromatic heterocycles. The molecule has 108 valence electrons. The number of hydrogen-bond donors (Lipinski definition) is 0. The van der Waals surface area contributed by atoms with Crippen LogP contribution in [0.1, 0.15) is 57.1 Å². The largest absolute Gasteiger partial charge is 0.424 e. The molecule has 0 bridgehead atoms. The Hall–Kier alpha value is -0.550. The Morgan fingerprint density at radius 3 is 2.79 bits per heavy atom. The zero-order valence-electron chi connectivity index (χ0n) is 12.1. The van der Waals surface area contributed by atoms with Gasteiger partial charge in [0.25, 0.3) is 0 Å². The van der Waals surface area contributed by atoms with Gasteiger partial charge in [0, 0.05) is 18.8 Å².